The fraction of sp³-hybridized carbons (Fsp3) is 0.571. The van der Waals surface area contributed by atoms with Crippen molar-refractivity contribution in [2.24, 2.45) is 11.3 Å². The highest BCUT2D eigenvalue weighted by atomic mass is 16.5. The Kier molecular flexibility index (Phi) is 3.35. The number of rotatable bonds is 3. The highest BCUT2D eigenvalue weighted by Crippen LogP contribution is 2.41. The predicted octanol–water partition coefficient (Wildman–Crippen LogP) is 0.171. The van der Waals surface area contributed by atoms with Gasteiger partial charge in [-0.15, -0.1) is 0 Å². The van der Waals surface area contributed by atoms with E-state index in [2.05, 4.69) is 4.98 Å². The number of likely N-dealkylation sites (tertiary alicyclic amines) is 1. The van der Waals surface area contributed by atoms with Crippen molar-refractivity contribution in [3.63, 3.8) is 0 Å². The molecule has 3 rings (SSSR count). The lowest BCUT2D eigenvalue weighted by atomic mass is 9.82. The van der Waals surface area contributed by atoms with Gasteiger partial charge in [-0.05, 0) is 6.07 Å². The van der Waals surface area contributed by atoms with Crippen molar-refractivity contribution in [2.75, 3.05) is 40.0 Å². The van der Waals surface area contributed by atoms with Crippen LogP contribution in [-0.4, -0.2) is 60.9 Å². The van der Waals surface area contributed by atoms with Crippen LogP contribution in [0.4, 0.5) is 0 Å². The number of pyridine rings is 1. The molecule has 6 nitrogen and oxygen atoms in total. The molecule has 2 aliphatic heterocycles. The van der Waals surface area contributed by atoms with Crippen molar-refractivity contribution in [3.05, 3.63) is 23.9 Å². The van der Waals surface area contributed by atoms with Gasteiger partial charge in [0.1, 0.15) is 0 Å². The molecular formula is C14H18N2O4. The van der Waals surface area contributed by atoms with Gasteiger partial charge >= 0.3 is 0 Å². The Morgan fingerprint density at radius 2 is 2.55 bits per heavy atom. The van der Waals surface area contributed by atoms with Crippen LogP contribution in [0.5, 0.6) is 5.88 Å². The minimum atomic E-state index is -0.285. The summed E-state index contributed by atoms with van der Waals surface area (Å²) in [5.74, 6) is 0.601. The molecule has 0 saturated carbocycles. The van der Waals surface area contributed by atoms with E-state index in [1.54, 1.807) is 23.2 Å². The summed E-state index contributed by atoms with van der Waals surface area (Å²) in [6.45, 7) is 2.37. The Morgan fingerprint density at radius 3 is 3.25 bits per heavy atom. The van der Waals surface area contributed by atoms with E-state index >= 15 is 0 Å². The van der Waals surface area contributed by atoms with Gasteiger partial charge in [0, 0.05) is 42.2 Å². The van der Waals surface area contributed by atoms with E-state index in [0.29, 0.717) is 37.7 Å². The predicted molar refractivity (Wildman–Crippen MR) is 70.5 cm³/mol. The summed E-state index contributed by atoms with van der Waals surface area (Å²) in [4.78, 5) is 18.3. The van der Waals surface area contributed by atoms with Gasteiger partial charge in [-0.1, -0.05) is 0 Å². The molecule has 3 heterocycles. The van der Waals surface area contributed by atoms with E-state index in [1.807, 2.05) is 0 Å². The molecule has 0 bridgehead atoms. The molecule has 2 atom stereocenters. The summed E-state index contributed by atoms with van der Waals surface area (Å²) in [5, 5.41) is 9.63. The SMILES string of the molecule is COc1cc(C(=O)N2C[C@H]3COC[C@@]3(CO)C2)ccn1. The smallest absolute Gasteiger partial charge is 0.254 e. The second-order valence-electron chi connectivity index (χ2n) is 5.51. The summed E-state index contributed by atoms with van der Waals surface area (Å²) in [6, 6.07) is 3.32. The highest BCUT2D eigenvalue weighted by Gasteiger charge is 2.51. The minimum absolute atomic E-state index is 0.0482. The first-order valence-electron chi connectivity index (χ1n) is 6.66. The molecule has 0 aromatic carbocycles. The number of amides is 1. The molecule has 1 aromatic rings. The molecule has 0 radical (unpaired) electrons. The largest absolute Gasteiger partial charge is 0.481 e. The molecule has 2 aliphatic rings. The van der Waals surface area contributed by atoms with Gasteiger partial charge in [0.25, 0.3) is 5.91 Å². The first-order chi connectivity index (χ1) is 9.68. The van der Waals surface area contributed by atoms with E-state index in [1.165, 1.54) is 7.11 Å². The van der Waals surface area contributed by atoms with Gasteiger partial charge in [0.05, 0.1) is 26.9 Å². The van der Waals surface area contributed by atoms with E-state index in [-0.39, 0.29) is 23.8 Å². The fourth-order valence-corrected chi connectivity index (χ4v) is 3.05. The van der Waals surface area contributed by atoms with Crippen molar-refractivity contribution in [1.82, 2.24) is 9.88 Å². The number of ether oxygens (including phenoxy) is 2. The van der Waals surface area contributed by atoms with Crippen LogP contribution >= 0.6 is 0 Å². The van der Waals surface area contributed by atoms with Crippen LogP contribution in [0.2, 0.25) is 0 Å². The average molecular weight is 278 g/mol. The van der Waals surface area contributed by atoms with Crippen LogP contribution in [0.15, 0.2) is 18.3 Å². The maximum Gasteiger partial charge on any atom is 0.254 e. The second kappa shape index (κ2) is 5.03. The van der Waals surface area contributed by atoms with E-state index in [4.69, 9.17) is 9.47 Å². The summed E-state index contributed by atoms with van der Waals surface area (Å²) >= 11 is 0. The third kappa shape index (κ3) is 2.05. The zero-order valence-corrected chi connectivity index (χ0v) is 11.4. The number of nitrogens with zero attached hydrogens (tertiary/aromatic N) is 2. The molecule has 1 amide bonds. The first kappa shape index (κ1) is 13.3. The number of carbonyl (C=O) groups is 1. The summed E-state index contributed by atoms with van der Waals surface area (Å²) in [5.41, 5.74) is 0.276. The summed E-state index contributed by atoms with van der Waals surface area (Å²) in [7, 11) is 1.52. The monoisotopic (exact) mass is 278 g/mol. The van der Waals surface area contributed by atoms with Crippen LogP contribution in [0.1, 0.15) is 10.4 Å². The van der Waals surface area contributed by atoms with Crippen LogP contribution < -0.4 is 4.74 Å². The lowest BCUT2D eigenvalue weighted by Crippen LogP contribution is -2.36. The molecule has 0 aliphatic carbocycles. The lowest BCUT2D eigenvalue weighted by Gasteiger charge is -2.24. The summed E-state index contributed by atoms with van der Waals surface area (Å²) in [6.07, 6.45) is 1.56. The van der Waals surface area contributed by atoms with E-state index < -0.39 is 0 Å². The topological polar surface area (TPSA) is 71.9 Å². The molecule has 2 saturated heterocycles. The molecule has 6 heteroatoms. The maximum atomic E-state index is 12.5. The van der Waals surface area contributed by atoms with E-state index in [9.17, 15) is 9.90 Å². The Labute approximate surface area is 117 Å². The number of hydrogen-bond acceptors (Lipinski definition) is 5. The standard InChI is InChI=1S/C14H18N2O4/c1-19-12-4-10(2-3-15-12)13(18)16-5-11-6-20-9-14(11,7-16)8-17/h2-4,11,17H,5-9H2,1H3/t11-,14-/m0/s1. The first-order valence-corrected chi connectivity index (χ1v) is 6.66. The molecule has 0 spiro atoms. The van der Waals surface area contributed by atoms with Crippen molar-refractivity contribution in [2.45, 2.75) is 0 Å². The number of hydrogen-bond donors (Lipinski definition) is 1. The van der Waals surface area contributed by atoms with Crippen LogP contribution in [0, 0.1) is 11.3 Å². The molecule has 20 heavy (non-hydrogen) atoms. The number of aromatic nitrogens is 1. The highest BCUT2D eigenvalue weighted by molar-refractivity contribution is 5.94. The van der Waals surface area contributed by atoms with Crippen molar-refractivity contribution < 1.29 is 19.4 Å². The fourth-order valence-electron chi connectivity index (χ4n) is 3.05. The normalized spacial score (nSPS) is 28.5. The van der Waals surface area contributed by atoms with Crippen LogP contribution in [0.3, 0.4) is 0 Å². The van der Waals surface area contributed by atoms with Gasteiger partial charge in [-0.25, -0.2) is 4.98 Å². The Bertz CT molecular complexity index is 522. The van der Waals surface area contributed by atoms with Gasteiger partial charge in [0.15, 0.2) is 0 Å². The molecule has 0 unspecified atom stereocenters. The third-order valence-electron chi connectivity index (χ3n) is 4.31. The van der Waals surface area contributed by atoms with E-state index in [0.717, 1.165) is 0 Å². The Hall–Kier alpha value is -1.66. The van der Waals surface area contributed by atoms with Crippen LogP contribution in [-0.2, 0) is 4.74 Å². The molecule has 108 valence electrons. The molecule has 2 fully saturated rings. The Morgan fingerprint density at radius 1 is 1.70 bits per heavy atom. The molecule has 1 aromatic heterocycles. The lowest BCUT2D eigenvalue weighted by molar-refractivity contribution is 0.0630. The average Bonchev–Trinajstić information content (AvgIpc) is 3.03. The van der Waals surface area contributed by atoms with Crippen molar-refractivity contribution in [3.8, 4) is 5.88 Å². The van der Waals surface area contributed by atoms with Gasteiger partial charge in [0.2, 0.25) is 5.88 Å². The van der Waals surface area contributed by atoms with Crippen molar-refractivity contribution >= 4 is 5.91 Å². The van der Waals surface area contributed by atoms with Gasteiger partial charge in [-0.2, -0.15) is 0 Å². The number of methoxy groups -OCH3 is 1. The van der Waals surface area contributed by atoms with Gasteiger partial charge in [-0.3, -0.25) is 4.79 Å². The van der Waals surface area contributed by atoms with Crippen LogP contribution in [0.25, 0.3) is 0 Å². The summed E-state index contributed by atoms with van der Waals surface area (Å²) < 4.78 is 10.5. The third-order valence-corrected chi connectivity index (χ3v) is 4.31. The number of carbonyl (C=O) groups excluding carboxylic acids is 1. The number of aliphatic hydroxyl groups excluding tert-OH is 1. The Balaban J connectivity index is 1.79. The minimum Gasteiger partial charge on any atom is -0.481 e. The number of aliphatic hydroxyl groups is 1. The quantitative estimate of drug-likeness (QED) is 0.853. The molecule has 1 N–H and O–H groups in total. The number of fused-ring (bicyclic) bond motifs is 1. The maximum absolute atomic E-state index is 12.5. The zero-order valence-electron chi connectivity index (χ0n) is 11.4. The molecular weight excluding hydrogens is 260 g/mol. The van der Waals surface area contributed by atoms with Gasteiger partial charge < -0.3 is 19.5 Å². The second-order valence-corrected chi connectivity index (χ2v) is 5.51. The zero-order chi connectivity index (χ0) is 14.2. The van der Waals surface area contributed by atoms with Crippen molar-refractivity contribution in [1.29, 1.82) is 0 Å².